The van der Waals surface area contributed by atoms with E-state index in [0.29, 0.717) is 6.42 Å². The van der Waals surface area contributed by atoms with Gasteiger partial charge in [0.15, 0.2) is 11.6 Å². The number of hydrogen-bond donors (Lipinski definition) is 0. The van der Waals surface area contributed by atoms with E-state index in [1.807, 2.05) is 12.2 Å². The molecule has 1 aliphatic carbocycles. The first-order chi connectivity index (χ1) is 17.7. The van der Waals surface area contributed by atoms with Gasteiger partial charge in [0.2, 0.25) is 0 Å². The fourth-order valence-electron chi connectivity index (χ4n) is 5.77. The van der Waals surface area contributed by atoms with E-state index in [9.17, 15) is 9.59 Å². The summed E-state index contributed by atoms with van der Waals surface area (Å²) in [5.74, 6) is -0.635. The molecule has 188 valence electrons. The van der Waals surface area contributed by atoms with Gasteiger partial charge in [-0.2, -0.15) is 0 Å². The second-order valence-electron chi connectivity index (χ2n) is 10.5. The highest BCUT2D eigenvalue weighted by molar-refractivity contribution is 6.16. The molecule has 0 N–H and O–H groups in total. The fraction of sp³-hybridized carbons (Fsp3) is 0.438. The number of rotatable bonds is 6. The van der Waals surface area contributed by atoms with Gasteiger partial charge < -0.3 is 9.80 Å². The Labute approximate surface area is 215 Å². The maximum absolute atomic E-state index is 13.2. The van der Waals surface area contributed by atoms with Crippen molar-refractivity contribution in [2.24, 2.45) is 5.92 Å². The summed E-state index contributed by atoms with van der Waals surface area (Å²) in [7, 11) is 0. The van der Waals surface area contributed by atoms with Crippen LogP contribution in [0.1, 0.15) is 68.9 Å². The molecule has 4 nitrogen and oxygen atoms in total. The van der Waals surface area contributed by atoms with Crippen LogP contribution in [0.2, 0.25) is 0 Å². The van der Waals surface area contributed by atoms with Crippen molar-refractivity contribution >= 4 is 35.1 Å². The van der Waals surface area contributed by atoms with E-state index in [0.717, 1.165) is 55.7 Å². The summed E-state index contributed by atoms with van der Waals surface area (Å²) < 4.78 is 0. The van der Waals surface area contributed by atoms with Crippen molar-refractivity contribution in [1.29, 1.82) is 0 Å². The number of piperidine rings is 2. The molecule has 2 aromatic rings. The van der Waals surface area contributed by atoms with Crippen LogP contribution in [0.25, 0.3) is 12.2 Å². The average molecular weight is 483 g/mol. The zero-order valence-corrected chi connectivity index (χ0v) is 21.3. The topological polar surface area (TPSA) is 40.6 Å². The normalized spacial score (nSPS) is 22.4. The van der Waals surface area contributed by atoms with Gasteiger partial charge in [-0.15, -0.1) is 0 Å². The molecule has 0 radical (unpaired) electrons. The SMILES string of the molecule is O=C(/C=C/c1ccc(N2CCCCC2)cc1)C1CCC/C(=C\c2ccc(N3CCCCC3)cc2)C1=O. The molecule has 1 atom stereocenters. The lowest BCUT2D eigenvalue weighted by molar-refractivity contribution is -0.129. The van der Waals surface area contributed by atoms with Crippen molar-refractivity contribution in [3.63, 3.8) is 0 Å². The third-order valence-electron chi connectivity index (χ3n) is 7.92. The summed E-state index contributed by atoms with van der Waals surface area (Å²) >= 11 is 0. The molecule has 0 amide bonds. The minimum atomic E-state index is -0.554. The summed E-state index contributed by atoms with van der Waals surface area (Å²) in [5.41, 5.74) is 5.33. The average Bonchev–Trinajstić information content (AvgIpc) is 2.94. The highest BCUT2D eigenvalue weighted by atomic mass is 16.1. The van der Waals surface area contributed by atoms with Gasteiger partial charge in [-0.3, -0.25) is 9.59 Å². The molecule has 2 aliphatic heterocycles. The second-order valence-corrected chi connectivity index (χ2v) is 10.5. The number of anilines is 2. The highest BCUT2D eigenvalue weighted by Crippen LogP contribution is 2.29. The molecule has 2 aromatic carbocycles. The van der Waals surface area contributed by atoms with E-state index in [4.69, 9.17) is 0 Å². The van der Waals surface area contributed by atoms with Crippen LogP contribution >= 0.6 is 0 Å². The lowest BCUT2D eigenvalue weighted by Crippen LogP contribution is -2.29. The Hall–Kier alpha value is -3.14. The standard InChI is InChI=1S/C32H38N2O2/c35-31(19-14-25-10-15-28(16-11-25)33-20-3-1-4-21-33)30-9-7-8-27(32(30)36)24-26-12-17-29(18-13-26)34-22-5-2-6-23-34/h10-19,24,30H,1-9,20-23H2/b19-14+,27-24+. The Morgan fingerprint density at radius 1 is 0.694 bits per heavy atom. The van der Waals surface area contributed by atoms with E-state index in [1.165, 1.54) is 49.9 Å². The number of Topliss-reactive ketones (excluding diaryl/α,β-unsaturated/α-hetero) is 1. The molecule has 0 aromatic heterocycles. The molecule has 4 heteroatoms. The first-order valence-electron chi connectivity index (χ1n) is 13.8. The van der Waals surface area contributed by atoms with E-state index in [1.54, 1.807) is 6.08 Å². The summed E-state index contributed by atoms with van der Waals surface area (Å²) in [5, 5.41) is 0. The van der Waals surface area contributed by atoms with Crippen LogP contribution in [0.15, 0.2) is 60.2 Å². The van der Waals surface area contributed by atoms with Gasteiger partial charge in [0.1, 0.15) is 0 Å². The maximum atomic E-state index is 13.2. The summed E-state index contributed by atoms with van der Waals surface area (Å²) in [6.07, 6.45) is 15.4. The number of benzene rings is 2. The molecule has 1 saturated carbocycles. The van der Waals surface area contributed by atoms with Gasteiger partial charge in [-0.05, 0) is 111 Å². The van der Waals surface area contributed by atoms with Gasteiger partial charge in [0.25, 0.3) is 0 Å². The minimum absolute atomic E-state index is 0.00328. The zero-order valence-electron chi connectivity index (χ0n) is 21.3. The van der Waals surface area contributed by atoms with Crippen molar-refractivity contribution < 1.29 is 9.59 Å². The number of carbonyl (C=O) groups is 2. The number of allylic oxidation sites excluding steroid dienone is 2. The Morgan fingerprint density at radius 2 is 1.22 bits per heavy atom. The first kappa shape index (κ1) is 24.5. The van der Waals surface area contributed by atoms with Gasteiger partial charge in [0.05, 0.1) is 5.92 Å². The third kappa shape index (κ3) is 5.98. The van der Waals surface area contributed by atoms with E-state index < -0.39 is 5.92 Å². The lowest BCUT2D eigenvalue weighted by atomic mass is 9.81. The van der Waals surface area contributed by atoms with E-state index in [-0.39, 0.29) is 11.6 Å². The Balaban J connectivity index is 1.20. The zero-order chi connectivity index (χ0) is 24.7. The fourth-order valence-corrected chi connectivity index (χ4v) is 5.77. The second kappa shape index (κ2) is 11.7. The molecule has 3 aliphatic rings. The predicted molar refractivity (Wildman–Crippen MR) is 149 cm³/mol. The monoisotopic (exact) mass is 482 g/mol. The molecule has 2 saturated heterocycles. The Morgan fingerprint density at radius 3 is 1.78 bits per heavy atom. The largest absolute Gasteiger partial charge is 0.372 e. The summed E-state index contributed by atoms with van der Waals surface area (Å²) in [6, 6.07) is 16.9. The molecule has 0 spiro atoms. The van der Waals surface area contributed by atoms with Crippen LogP contribution < -0.4 is 9.80 Å². The van der Waals surface area contributed by atoms with Crippen LogP contribution in [-0.4, -0.2) is 37.7 Å². The van der Waals surface area contributed by atoms with Crippen molar-refractivity contribution in [1.82, 2.24) is 0 Å². The predicted octanol–water partition coefficient (Wildman–Crippen LogP) is 6.70. The summed E-state index contributed by atoms with van der Waals surface area (Å²) in [6.45, 7) is 4.49. The quantitative estimate of drug-likeness (QED) is 0.339. The Bertz CT molecular complexity index is 1100. The molecular formula is C32H38N2O2. The number of nitrogens with zero attached hydrogens (tertiary/aromatic N) is 2. The molecule has 36 heavy (non-hydrogen) atoms. The molecule has 1 unspecified atom stereocenters. The number of hydrogen-bond acceptors (Lipinski definition) is 4. The van der Waals surface area contributed by atoms with Gasteiger partial charge >= 0.3 is 0 Å². The number of ketones is 2. The third-order valence-corrected chi connectivity index (χ3v) is 7.92. The van der Waals surface area contributed by atoms with Crippen LogP contribution in [0.4, 0.5) is 11.4 Å². The summed E-state index contributed by atoms with van der Waals surface area (Å²) in [4.78, 5) is 31.0. The first-order valence-corrected chi connectivity index (χ1v) is 13.8. The van der Waals surface area contributed by atoms with Crippen molar-refractivity contribution in [3.8, 4) is 0 Å². The molecule has 2 heterocycles. The maximum Gasteiger partial charge on any atom is 0.169 e. The minimum Gasteiger partial charge on any atom is -0.372 e. The molecular weight excluding hydrogens is 444 g/mol. The van der Waals surface area contributed by atoms with Crippen LogP contribution in [0.5, 0.6) is 0 Å². The molecule has 3 fully saturated rings. The van der Waals surface area contributed by atoms with Gasteiger partial charge in [-0.1, -0.05) is 30.3 Å². The van der Waals surface area contributed by atoms with E-state index >= 15 is 0 Å². The van der Waals surface area contributed by atoms with E-state index in [2.05, 4.69) is 58.3 Å². The van der Waals surface area contributed by atoms with Crippen molar-refractivity contribution in [2.75, 3.05) is 36.0 Å². The lowest BCUT2D eigenvalue weighted by Gasteiger charge is -2.28. The van der Waals surface area contributed by atoms with Crippen LogP contribution in [-0.2, 0) is 9.59 Å². The van der Waals surface area contributed by atoms with Crippen molar-refractivity contribution in [2.45, 2.75) is 57.8 Å². The van der Waals surface area contributed by atoms with Gasteiger partial charge in [0, 0.05) is 37.6 Å². The smallest absolute Gasteiger partial charge is 0.169 e. The molecule has 0 bridgehead atoms. The van der Waals surface area contributed by atoms with Crippen LogP contribution in [0.3, 0.4) is 0 Å². The van der Waals surface area contributed by atoms with Crippen LogP contribution in [0, 0.1) is 5.92 Å². The van der Waals surface area contributed by atoms with Crippen molar-refractivity contribution in [3.05, 3.63) is 71.3 Å². The highest BCUT2D eigenvalue weighted by Gasteiger charge is 2.30. The molecule has 5 rings (SSSR count). The number of carbonyl (C=O) groups excluding carboxylic acids is 2. The van der Waals surface area contributed by atoms with Gasteiger partial charge in [-0.25, -0.2) is 0 Å². The Kier molecular flexibility index (Phi) is 8.00.